The second-order valence-corrected chi connectivity index (χ2v) is 6.58. The fraction of sp³-hybridized carbons (Fsp3) is 0.250. The topological polar surface area (TPSA) is 87.4 Å². The maximum atomic E-state index is 12.5. The number of fused-ring (bicyclic) bond motifs is 1. The predicted octanol–water partition coefficient (Wildman–Crippen LogP) is 2.37. The lowest BCUT2D eigenvalue weighted by atomic mass is 10.1. The average Bonchev–Trinajstić information content (AvgIpc) is 3.32. The highest BCUT2D eigenvalue weighted by molar-refractivity contribution is 5.99. The molecule has 1 aromatic carbocycles. The van der Waals surface area contributed by atoms with E-state index >= 15 is 0 Å². The van der Waals surface area contributed by atoms with Crippen LogP contribution in [0.2, 0.25) is 0 Å². The van der Waals surface area contributed by atoms with Crippen LogP contribution in [0.3, 0.4) is 0 Å². The summed E-state index contributed by atoms with van der Waals surface area (Å²) in [6.45, 7) is 3.71. The number of amidine groups is 1. The molecule has 0 fully saturated rings. The maximum absolute atomic E-state index is 12.5. The van der Waals surface area contributed by atoms with Gasteiger partial charge in [0.05, 0.1) is 19.0 Å². The number of ether oxygens (including phenoxy) is 1. The van der Waals surface area contributed by atoms with Gasteiger partial charge in [0.25, 0.3) is 5.91 Å². The average molecular weight is 380 g/mol. The smallest absolute Gasteiger partial charge is 0.348 e. The van der Waals surface area contributed by atoms with Crippen molar-refractivity contribution in [1.82, 2.24) is 15.1 Å². The highest BCUT2D eigenvalue weighted by Gasteiger charge is 2.31. The third-order valence-corrected chi connectivity index (χ3v) is 4.64. The molecule has 1 N–H and O–H groups in total. The van der Waals surface area contributed by atoms with E-state index in [0.29, 0.717) is 25.4 Å². The fourth-order valence-corrected chi connectivity index (χ4v) is 3.02. The highest BCUT2D eigenvalue weighted by Crippen LogP contribution is 2.19. The van der Waals surface area contributed by atoms with Gasteiger partial charge in [-0.05, 0) is 30.2 Å². The number of hydrogen-bond donors (Lipinski definition) is 1. The van der Waals surface area contributed by atoms with Gasteiger partial charge < -0.3 is 19.4 Å². The lowest BCUT2D eigenvalue weighted by Gasteiger charge is -2.20. The lowest BCUT2D eigenvalue weighted by molar-refractivity contribution is -0.119. The SMILES string of the molecule is Cc1ccccc1CN1CCN2C=C(C(=O)NCc3ccco3)OC2=NC1=O. The van der Waals surface area contributed by atoms with Crippen LogP contribution in [0.1, 0.15) is 16.9 Å². The van der Waals surface area contributed by atoms with Gasteiger partial charge >= 0.3 is 12.1 Å². The van der Waals surface area contributed by atoms with E-state index in [9.17, 15) is 9.59 Å². The molecule has 3 amide bonds. The van der Waals surface area contributed by atoms with Gasteiger partial charge in [-0.3, -0.25) is 9.69 Å². The Morgan fingerprint density at radius 1 is 1.21 bits per heavy atom. The van der Waals surface area contributed by atoms with Crippen molar-refractivity contribution >= 4 is 18.0 Å². The Morgan fingerprint density at radius 3 is 2.86 bits per heavy atom. The highest BCUT2D eigenvalue weighted by atomic mass is 16.5. The summed E-state index contributed by atoms with van der Waals surface area (Å²) in [4.78, 5) is 32.2. The third kappa shape index (κ3) is 3.75. The van der Waals surface area contributed by atoms with Crippen molar-refractivity contribution in [3.8, 4) is 0 Å². The third-order valence-electron chi connectivity index (χ3n) is 4.64. The van der Waals surface area contributed by atoms with Crippen LogP contribution in [0.25, 0.3) is 0 Å². The zero-order valence-corrected chi connectivity index (χ0v) is 15.4. The van der Waals surface area contributed by atoms with Crippen LogP contribution in [-0.2, 0) is 22.6 Å². The van der Waals surface area contributed by atoms with Crippen LogP contribution < -0.4 is 5.32 Å². The molecular weight excluding hydrogens is 360 g/mol. The molecular formula is C20H20N4O4. The molecule has 1 aromatic heterocycles. The number of furan rings is 1. The van der Waals surface area contributed by atoms with Crippen molar-refractivity contribution in [2.45, 2.75) is 20.0 Å². The Hall–Kier alpha value is -3.55. The summed E-state index contributed by atoms with van der Waals surface area (Å²) < 4.78 is 10.7. The van der Waals surface area contributed by atoms with Gasteiger partial charge in [-0.15, -0.1) is 4.99 Å². The van der Waals surface area contributed by atoms with Gasteiger partial charge in [-0.1, -0.05) is 24.3 Å². The molecule has 0 saturated heterocycles. The largest absolute Gasteiger partial charge is 0.467 e. The summed E-state index contributed by atoms with van der Waals surface area (Å²) in [7, 11) is 0. The van der Waals surface area contributed by atoms with Gasteiger partial charge in [0.15, 0.2) is 0 Å². The molecule has 0 saturated carbocycles. The number of carbonyl (C=O) groups is 2. The van der Waals surface area contributed by atoms with Crippen LogP contribution in [-0.4, -0.2) is 40.8 Å². The second kappa shape index (κ2) is 7.59. The van der Waals surface area contributed by atoms with E-state index in [4.69, 9.17) is 9.15 Å². The molecule has 2 aromatic rings. The zero-order valence-electron chi connectivity index (χ0n) is 15.4. The van der Waals surface area contributed by atoms with Crippen molar-refractivity contribution in [3.63, 3.8) is 0 Å². The molecule has 8 heteroatoms. The number of hydrogen-bond acceptors (Lipinski definition) is 5. The van der Waals surface area contributed by atoms with Crippen LogP contribution in [0.4, 0.5) is 4.79 Å². The van der Waals surface area contributed by atoms with E-state index < -0.39 is 5.91 Å². The minimum Gasteiger partial charge on any atom is -0.467 e. The van der Waals surface area contributed by atoms with E-state index in [1.54, 1.807) is 34.4 Å². The quantitative estimate of drug-likeness (QED) is 0.860. The minimum absolute atomic E-state index is 0.102. The molecule has 2 aliphatic rings. The number of nitrogens with zero attached hydrogens (tertiary/aromatic N) is 3. The zero-order chi connectivity index (χ0) is 19.5. The van der Waals surface area contributed by atoms with Gasteiger partial charge in [-0.25, -0.2) is 4.79 Å². The normalized spacial score (nSPS) is 16.1. The van der Waals surface area contributed by atoms with E-state index in [1.165, 1.54) is 0 Å². The van der Waals surface area contributed by atoms with Crippen molar-refractivity contribution in [1.29, 1.82) is 0 Å². The van der Waals surface area contributed by atoms with Gasteiger partial charge in [0.1, 0.15) is 5.76 Å². The summed E-state index contributed by atoms with van der Waals surface area (Å²) in [6, 6.07) is 11.2. The standard InChI is InChI=1S/C20H20N4O4/c1-14-5-2-3-6-15(14)12-23-8-9-24-13-17(28-20(24)22-19(23)26)18(25)21-11-16-7-4-10-27-16/h2-7,10,13H,8-9,11-12H2,1H3,(H,21,25). The first-order valence-corrected chi connectivity index (χ1v) is 8.99. The predicted molar refractivity (Wildman–Crippen MR) is 101 cm³/mol. The molecule has 2 aliphatic heterocycles. The molecule has 144 valence electrons. The molecule has 8 nitrogen and oxygen atoms in total. The van der Waals surface area contributed by atoms with Crippen molar-refractivity contribution < 1.29 is 18.7 Å². The van der Waals surface area contributed by atoms with Crippen molar-refractivity contribution in [2.24, 2.45) is 4.99 Å². The molecule has 4 rings (SSSR count). The number of aryl methyl sites for hydroxylation is 1. The van der Waals surface area contributed by atoms with Crippen LogP contribution in [0.15, 0.2) is 64.0 Å². The summed E-state index contributed by atoms with van der Waals surface area (Å²) in [5.74, 6) is 0.350. The van der Waals surface area contributed by atoms with E-state index in [2.05, 4.69) is 10.3 Å². The minimum atomic E-state index is -0.392. The number of rotatable bonds is 5. The first-order valence-electron chi connectivity index (χ1n) is 8.99. The van der Waals surface area contributed by atoms with Crippen molar-refractivity contribution in [2.75, 3.05) is 13.1 Å². The molecule has 0 spiro atoms. The Bertz CT molecular complexity index is 949. The Labute approximate surface area is 162 Å². The molecule has 0 radical (unpaired) electrons. The van der Waals surface area contributed by atoms with Crippen LogP contribution >= 0.6 is 0 Å². The molecule has 0 atom stereocenters. The summed E-state index contributed by atoms with van der Waals surface area (Å²) in [6.07, 6.45) is 3.11. The lowest BCUT2D eigenvalue weighted by Crippen LogP contribution is -2.32. The van der Waals surface area contributed by atoms with Gasteiger partial charge in [0, 0.05) is 19.6 Å². The Kier molecular flexibility index (Phi) is 4.84. The van der Waals surface area contributed by atoms with E-state index in [1.807, 2.05) is 31.2 Å². The molecule has 28 heavy (non-hydrogen) atoms. The van der Waals surface area contributed by atoms with Crippen LogP contribution in [0, 0.1) is 6.92 Å². The monoisotopic (exact) mass is 380 g/mol. The van der Waals surface area contributed by atoms with Crippen LogP contribution in [0.5, 0.6) is 0 Å². The number of benzene rings is 1. The van der Waals surface area contributed by atoms with Crippen molar-refractivity contribution in [3.05, 3.63) is 71.5 Å². The second-order valence-electron chi connectivity index (χ2n) is 6.58. The van der Waals surface area contributed by atoms with E-state index in [-0.39, 0.29) is 24.4 Å². The Morgan fingerprint density at radius 2 is 2.07 bits per heavy atom. The molecule has 0 bridgehead atoms. The first-order chi connectivity index (χ1) is 13.6. The Balaban J connectivity index is 1.39. The van der Waals surface area contributed by atoms with Gasteiger partial charge in [-0.2, -0.15) is 0 Å². The summed E-state index contributed by atoms with van der Waals surface area (Å²) in [5, 5.41) is 2.71. The number of carbonyl (C=O) groups excluding carboxylic acids is 2. The maximum Gasteiger partial charge on any atom is 0.348 e. The van der Waals surface area contributed by atoms with Gasteiger partial charge in [0.2, 0.25) is 5.76 Å². The summed E-state index contributed by atoms with van der Waals surface area (Å²) >= 11 is 0. The summed E-state index contributed by atoms with van der Waals surface area (Å²) in [5.41, 5.74) is 2.20. The number of nitrogens with one attached hydrogen (secondary N) is 1. The number of aliphatic imine (C=N–C) groups is 1. The first kappa shape index (κ1) is 17.8. The number of urea groups is 1. The van der Waals surface area contributed by atoms with E-state index in [0.717, 1.165) is 11.1 Å². The number of amides is 3. The fourth-order valence-electron chi connectivity index (χ4n) is 3.02. The molecule has 0 aliphatic carbocycles. The molecule has 0 unspecified atom stereocenters. The molecule has 3 heterocycles.